The van der Waals surface area contributed by atoms with E-state index in [0.29, 0.717) is 26.1 Å². The molecule has 0 bridgehead atoms. The molecule has 0 saturated heterocycles. The number of halogens is 1. The Labute approximate surface area is 221 Å². The Morgan fingerprint density at radius 1 is 1.03 bits per heavy atom. The normalized spacial score (nSPS) is 11.1. The Kier molecular flexibility index (Phi) is 6.96. The van der Waals surface area contributed by atoms with Gasteiger partial charge in [-0.3, -0.25) is 14.2 Å². The molecule has 1 N–H and O–H groups in total. The van der Waals surface area contributed by atoms with Gasteiger partial charge in [0.1, 0.15) is 4.83 Å². The highest BCUT2D eigenvalue weighted by molar-refractivity contribution is 7.99. The Morgan fingerprint density at radius 2 is 1.78 bits per heavy atom. The summed E-state index contributed by atoms with van der Waals surface area (Å²) in [6, 6.07) is 22.6. The van der Waals surface area contributed by atoms with Gasteiger partial charge >= 0.3 is 0 Å². The van der Waals surface area contributed by atoms with Crippen LogP contribution in [0.25, 0.3) is 27.0 Å². The van der Waals surface area contributed by atoms with Gasteiger partial charge < -0.3 is 5.32 Å². The molecule has 0 aliphatic heterocycles. The van der Waals surface area contributed by atoms with E-state index in [1.165, 1.54) is 28.7 Å². The fourth-order valence-electron chi connectivity index (χ4n) is 3.86. The third-order valence-corrected chi connectivity index (χ3v) is 7.93. The van der Waals surface area contributed by atoms with Gasteiger partial charge in [-0.05, 0) is 66.9 Å². The molecule has 0 spiro atoms. The highest BCUT2D eigenvalue weighted by atomic mass is 35.5. The van der Waals surface area contributed by atoms with Crippen LogP contribution in [0.1, 0.15) is 11.1 Å². The first-order valence-corrected chi connectivity index (χ1v) is 13.5. The van der Waals surface area contributed by atoms with Gasteiger partial charge in [-0.2, -0.15) is 0 Å². The lowest BCUT2D eigenvalue weighted by atomic mass is 10.1. The van der Waals surface area contributed by atoms with Gasteiger partial charge in [-0.15, -0.1) is 11.3 Å². The third kappa shape index (κ3) is 4.95. The Morgan fingerprint density at radius 3 is 2.50 bits per heavy atom. The van der Waals surface area contributed by atoms with E-state index < -0.39 is 0 Å². The van der Waals surface area contributed by atoms with Crippen molar-refractivity contribution in [3.63, 3.8) is 0 Å². The van der Waals surface area contributed by atoms with Crippen LogP contribution in [0.2, 0.25) is 5.02 Å². The number of carbonyl (C=O) groups excluding carboxylic acids is 1. The number of benzene rings is 3. The summed E-state index contributed by atoms with van der Waals surface area (Å²) in [4.78, 5) is 32.1. The average Bonchev–Trinajstić information content (AvgIpc) is 3.30. The van der Waals surface area contributed by atoms with Crippen molar-refractivity contribution in [3.8, 4) is 16.8 Å². The molecular weight excluding hydrogens is 510 g/mol. The molecular formula is C28H22ClN3O2S2. The fourth-order valence-corrected chi connectivity index (χ4v) is 5.79. The summed E-state index contributed by atoms with van der Waals surface area (Å²) in [6.45, 7) is 4.04. The number of hydrogen-bond donors (Lipinski definition) is 1. The van der Waals surface area contributed by atoms with Crippen LogP contribution in [0.4, 0.5) is 5.69 Å². The van der Waals surface area contributed by atoms with Crippen molar-refractivity contribution in [3.05, 3.63) is 105 Å². The summed E-state index contributed by atoms with van der Waals surface area (Å²) >= 11 is 8.72. The van der Waals surface area contributed by atoms with Crippen molar-refractivity contribution in [1.29, 1.82) is 0 Å². The van der Waals surface area contributed by atoms with Crippen LogP contribution in [0.3, 0.4) is 0 Å². The third-order valence-electron chi connectivity index (χ3n) is 5.87. The number of aromatic nitrogens is 2. The molecule has 0 fully saturated rings. The van der Waals surface area contributed by atoms with Gasteiger partial charge in [-0.1, -0.05) is 59.8 Å². The van der Waals surface area contributed by atoms with E-state index in [0.717, 1.165) is 22.4 Å². The molecule has 2 aromatic heterocycles. The molecule has 5 aromatic rings. The number of hydrogen-bond acceptors (Lipinski definition) is 5. The van der Waals surface area contributed by atoms with Crippen molar-refractivity contribution in [2.24, 2.45) is 0 Å². The number of thiophene rings is 1. The van der Waals surface area contributed by atoms with Crippen LogP contribution in [-0.4, -0.2) is 21.2 Å². The summed E-state index contributed by atoms with van der Waals surface area (Å²) in [5, 5.41) is 6.54. The fraction of sp³-hybridized carbons (Fsp3) is 0.107. The van der Waals surface area contributed by atoms with Crippen LogP contribution >= 0.6 is 34.7 Å². The van der Waals surface area contributed by atoms with Gasteiger partial charge in [-0.25, -0.2) is 4.98 Å². The smallest absolute Gasteiger partial charge is 0.268 e. The molecule has 0 radical (unpaired) electrons. The maximum atomic E-state index is 13.9. The van der Waals surface area contributed by atoms with Gasteiger partial charge in [0.2, 0.25) is 5.91 Å². The number of rotatable bonds is 6. The first-order chi connectivity index (χ1) is 17.4. The van der Waals surface area contributed by atoms with Crippen LogP contribution in [0, 0.1) is 13.8 Å². The molecule has 5 nitrogen and oxygen atoms in total. The van der Waals surface area contributed by atoms with Crippen molar-refractivity contribution in [1.82, 2.24) is 9.55 Å². The minimum absolute atomic E-state index is 0.118. The monoisotopic (exact) mass is 531 g/mol. The van der Waals surface area contributed by atoms with Crippen LogP contribution in [0.5, 0.6) is 0 Å². The van der Waals surface area contributed by atoms with E-state index in [1.807, 2.05) is 92.0 Å². The van der Waals surface area contributed by atoms with Crippen LogP contribution < -0.4 is 10.9 Å². The largest absolute Gasteiger partial charge is 0.325 e. The van der Waals surface area contributed by atoms with Crippen molar-refractivity contribution in [2.45, 2.75) is 19.0 Å². The average molecular weight is 532 g/mol. The van der Waals surface area contributed by atoms with Gasteiger partial charge in [0.25, 0.3) is 5.56 Å². The number of thioether (sulfide) groups is 1. The van der Waals surface area contributed by atoms with Gasteiger partial charge in [0, 0.05) is 21.7 Å². The lowest BCUT2D eigenvalue weighted by Gasteiger charge is -2.13. The van der Waals surface area contributed by atoms with E-state index in [9.17, 15) is 9.59 Å². The first kappa shape index (κ1) is 24.3. The number of nitrogens with one attached hydrogen (secondary N) is 1. The predicted octanol–water partition coefficient (Wildman–Crippen LogP) is 7.12. The lowest BCUT2D eigenvalue weighted by Crippen LogP contribution is -2.22. The molecule has 36 heavy (non-hydrogen) atoms. The molecule has 0 aliphatic carbocycles. The molecule has 0 saturated carbocycles. The highest BCUT2D eigenvalue weighted by Gasteiger charge is 2.19. The van der Waals surface area contributed by atoms with Crippen molar-refractivity contribution >= 4 is 56.5 Å². The topological polar surface area (TPSA) is 64.0 Å². The van der Waals surface area contributed by atoms with Crippen LogP contribution in [0.15, 0.2) is 88.1 Å². The highest BCUT2D eigenvalue weighted by Crippen LogP contribution is 2.33. The number of aryl methyl sites for hydroxylation is 2. The second kappa shape index (κ2) is 10.3. The molecule has 0 atom stereocenters. The van der Waals surface area contributed by atoms with E-state index in [1.54, 1.807) is 4.57 Å². The lowest BCUT2D eigenvalue weighted by molar-refractivity contribution is -0.113. The quantitative estimate of drug-likeness (QED) is 0.187. The molecule has 3 aromatic carbocycles. The van der Waals surface area contributed by atoms with Crippen LogP contribution in [-0.2, 0) is 4.79 Å². The maximum absolute atomic E-state index is 13.9. The summed E-state index contributed by atoms with van der Waals surface area (Å²) in [7, 11) is 0. The number of carbonyl (C=O) groups is 1. The number of amides is 1. The van der Waals surface area contributed by atoms with Gasteiger partial charge in [0.15, 0.2) is 5.16 Å². The van der Waals surface area contributed by atoms with E-state index in [-0.39, 0.29) is 17.2 Å². The molecule has 1 amide bonds. The number of anilines is 1. The zero-order valence-corrected chi connectivity index (χ0v) is 22.0. The predicted molar refractivity (Wildman–Crippen MR) is 151 cm³/mol. The molecule has 8 heteroatoms. The van der Waals surface area contributed by atoms with E-state index in [2.05, 4.69) is 5.32 Å². The first-order valence-electron chi connectivity index (χ1n) is 11.3. The molecule has 180 valence electrons. The SMILES string of the molecule is Cc1ccc(NC(=O)CSc2nc3scc(-c4ccc(Cl)cc4)c3c(=O)n2-c2ccccc2)cc1C. The Hall–Kier alpha value is -3.39. The minimum atomic E-state index is -0.172. The standard InChI is InChI=1S/C28H22ClN3O2S2/c1-17-8-13-21(14-18(17)2)30-24(33)16-36-28-31-26-25(27(34)32(28)22-6-4-3-5-7-22)23(15-35-26)19-9-11-20(29)12-10-19/h3-15H,16H2,1-2H3,(H,30,33). The minimum Gasteiger partial charge on any atom is -0.325 e. The Bertz CT molecular complexity index is 1630. The summed E-state index contributed by atoms with van der Waals surface area (Å²) in [5.41, 5.74) is 5.27. The Balaban J connectivity index is 1.52. The molecule has 0 unspecified atom stereocenters. The number of para-hydroxylation sites is 1. The molecule has 2 heterocycles. The number of fused-ring (bicyclic) bond motifs is 1. The van der Waals surface area contributed by atoms with E-state index in [4.69, 9.17) is 16.6 Å². The maximum Gasteiger partial charge on any atom is 0.268 e. The van der Waals surface area contributed by atoms with Gasteiger partial charge in [0.05, 0.1) is 16.8 Å². The summed E-state index contributed by atoms with van der Waals surface area (Å²) < 4.78 is 1.59. The van der Waals surface area contributed by atoms with E-state index >= 15 is 0 Å². The van der Waals surface area contributed by atoms with Crippen molar-refractivity contribution in [2.75, 3.05) is 11.1 Å². The molecule has 5 rings (SSSR count). The zero-order chi connectivity index (χ0) is 25.2. The summed E-state index contributed by atoms with van der Waals surface area (Å²) in [6.07, 6.45) is 0. The zero-order valence-electron chi connectivity index (χ0n) is 19.6. The second-order valence-electron chi connectivity index (χ2n) is 8.34. The second-order valence-corrected chi connectivity index (χ2v) is 10.6. The number of nitrogens with zero attached hydrogens (tertiary/aromatic N) is 2. The van der Waals surface area contributed by atoms with Crippen molar-refractivity contribution < 1.29 is 4.79 Å². The summed E-state index contributed by atoms with van der Waals surface area (Å²) in [5.74, 6) is -0.0436. The molecule has 0 aliphatic rings.